The van der Waals surface area contributed by atoms with Crippen molar-refractivity contribution in [2.75, 3.05) is 6.61 Å². The van der Waals surface area contributed by atoms with E-state index in [0.29, 0.717) is 12.0 Å². The van der Waals surface area contributed by atoms with Crippen LogP contribution in [-0.2, 0) is 20.3 Å². The Labute approximate surface area is 195 Å². The third-order valence-corrected chi connectivity index (χ3v) is 9.20. The molecule has 0 aliphatic heterocycles. The van der Waals surface area contributed by atoms with Gasteiger partial charge >= 0.3 is 15.2 Å². The molecule has 0 radical (unpaired) electrons. The van der Waals surface area contributed by atoms with E-state index in [1.54, 1.807) is 30.3 Å². The summed E-state index contributed by atoms with van der Waals surface area (Å²) >= 11 is 0. The van der Waals surface area contributed by atoms with Gasteiger partial charge in [-0.05, 0) is 50.3 Å². The molecule has 0 unspecified atom stereocenters. The van der Waals surface area contributed by atoms with Gasteiger partial charge in [-0.2, -0.15) is 0 Å². The average Bonchev–Trinajstić information content (AvgIpc) is 2.72. The van der Waals surface area contributed by atoms with E-state index < -0.39 is 26.7 Å². The van der Waals surface area contributed by atoms with Crippen LogP contribution in [0.1, 0.15) is 39.2 Å². The van der Waals surface area contributed by atoms with Crippen molar-refractivity contribution >= 4 is 15.2 Å². The summed E-state index contributed by atoms with van der Waals surface area (Å²) in [5, 5.41) is -2.97. The second kappa shape index (κ2) is 11.5. The number of allylic oxidation sites excluding steroid dienone is 3. The maximum Gasteiger partial charge on any atom is 0.370 e. The average molecular weight is 494 g/mol. The van der Waals surface area contributed by atoms with Crippen LogP contribution in [0.4, 0.5) is 0 Å². The fourth-order valence-corrected chi connectivity index (χ4v) is 5.93. The van der Waals surface area contributed by atoms with Gasteiger partial charge in [0.05, 0.1) is 6.61 Å². The lowest BCUT2D eigenvalue weighted by atomic mass is 10.0. The van der Waals surface area contributed by atoms with Crippen LogP contribution < -0.4 is 0 Å². The summed E-state index contributed by atoms with van der Waals surface area (Å²) in [4.78, 5) is 40.0. The number of benzene rings is 2. The van der Waals surface area contributed by atoms with E-state index in [2.05, 4.69) is 6.08 Å². The molecule has 2 rings (SSSR count). The van der Waals surface area contributed by atoms with Crippen LogP contribution in [0, 0.1) is 0 Å². The van der Waals surface area contributed by atoms with Crippen molar-refractivity contribution in [2.24, 2.45) is 0 Å². The molecule has 2 aromatic rings. The Kier molecular flexibility index (Phi) is 9.59. The molecule has 7 nitrogen and oxygen atoms in total. The number of ether oxygens (including phenoxy) is 1. The Morgan fingerprint density at radius 3 is 1.91 bits per heavy atom. The molecule has 0 heterocycles. The zero-order valence-corrected chi connectivity index (χ0v) is 20.9. The summed E-state index contributed by atoms with van der Waals surface area (Å²) < 4.78 is 30.1. The topological polar surface area (TPSA) is 124 Å². The highest BCUT2D eigenvalue weighted by Gasteiger charge is 2.61. The minimum Gasteiger partial charge on any atom is -0.347 e. The highest BCUT2D eigenvalue weighted by molar-refractivity contribution is 7.72. The lowest BCUT2D eigenvalue weighted by Gasteiger charge is -2.34. The van der Waals surface area contributed by atoms with Gasteiger partial charge in [0.1, 0.15) is 0 Å². The molecule has 0 bridgehead atoms. The quantitative estimate of drug-likeness (QED) is 0.236. The van der Waals surface area contributed by atoms with E-state index >= 15 is 0 Å². The van der Waals surface area contributed by atoms with Crippen molar-refractivity contribution in [3.63, 3.8) is 0 Å². The number of hydrogen-bond donors (Lipinski definition) is 4. The molecular weight excluding hydrogens is 462 g/mol. The first-order valence-corrected chi connectivity index (χ1v) is 13.8. The van der Waals surface area contributed by atoms with Gasteiger partial charge in [-0.3, -0.25) is 9.13 Å². The molecule has 9 heteroatoms. The minimum atomic E-state index is -5.38. The zero-order chi connectivity index (χ0) is 24.7. The largest absolute Gasteiger partial charge is 0.370 e. The first-order valence-electron chi connectivity index (χ1n) is 10.5. The second-order valence-electron chi connectivity index (χ2n) is 8.25. The van der Waals surface area contributed by atoms with Crippen LogP contribution in [0.15, 0.2) is 77.9 Å². The van der Waals surface area contributed by atoms with Crippen molar-refractivity contribution in [3.8, 4) is 11.1 Å². The van der Waals surface area contributed by atoms with Crippen LogP contribution in [0.25, 0.3) is 11.1 Å². The molecular formula is C24H32O7P2. The molecule has 0 fully saturated rings. The summed E-state index contributed by atoms with van der Waals surface area (Å²) in [7, 11) is -10.8. The highest BCUT2D eigenvalue weighted by Crippen LogP contribution is 2.70. The third kappa shape index (κ3) is 7.59. The Morgan fingerprint density at radius 1 is 0.848 bits per heavy atom. The minimum absolute atomic E-state index is 0.334. The summed E-state index contributed by atoms with van der Waals surface area (Å²) in [5.74, 6) is 0. The molecule has 180 valence electrons. The van der Waals surface area contributed by atoms with E-state index in [1.807, 2.05) is 51.1 Å². The van der Waals surface area contributed by atoms with Crippen LogP contribution >= 0.6 is 15.2 Å². The van der Waals surface area contributed by atoms with Gasteiger partial charge in [0.25, 0.3) is 5.08 Å². The maximum absolute atomic E-state index is 12.4. The van der Waals surface area contributed by atoms with Crippen molar-refractivity contribution in [2.45, 2.75) is 45.1 Å². The number of hydrogen-bond acceptors (Lipinski definition) is 3. The predicted octanol–water partition coefficient (Wildman–Crippen LogP) is 5.61. The summed E-state index contributed by atoms with van der Waals surface area (Å²) in [6, 6.07) is 16.2. The van der Waals surface area contributed by atoms with Gasteiger partial charge in [-0.1, -0.05) is 77.9 Å². The fourth-order valence-electron chi connectivity index (χ4n) is 3.31. The van der Waals surface area contributed by atoms with E-state index in [1.165, 1.54) is 5.57 Å². The summed E-state index contributed by atoms with van der Waals surface area (Å²) in [6.07, 6.45) is 4.51. The fraction of sp³-hybridized carbons (Fsp3) is 0.333. The van der Waals surface area contributed by atoms with E-state index in [0.717, 1.165) is 23.1 Å². The standard InChI is InChI=1S/C24H32O7P2/c1-19(2)8-7-9-20(3)16-17-31-24(32(25,26)27,33(28,29)30)18-21-12-14-23(15-13-21)22-10-5-4-6-11-22/h4-6,8,10-16H,7,9,17-18H2,1-3H3,(H2,25,26,27)(H2,28,29,30)/b20-16+. The first-order chi connectivity index (χ1) is 15.4. The van der Waals surface area contributed by atoms with E-state index in [-0.39, 0.29) is 6.61 Å². The molecule has 0 saturated heterocycles. The van der Waals surface area contributed by atoms with Gasteiger partial charge < -0.3 is 24.3 Å². The van der Waals surface area contributed by atoms with Crippen LogP contribution in [0.2, 0.25) is 0 Å². The highest BCUT2D eigenvalue weighted by atomic mass is 31.2. The Bertz CT molecular complexity index is 1040. The predicted molar refractivity (Wildman–Crippen MR) is 131 cm³/mol. The molecule has 0 atom stereocenters. The maximum atomic E-state index is 12.4. The monoisotopic (exact) mass is 494 g/mol. The number of rotatable bonds is 11. The van der Waals surface area contributed by atoms with Crippen LogP contribution in [-0.4, -0.2) is 31.3 Å². The Hall–Kier alpha value is -1.82. The second-order valence-corrected chi connectivity index (χ2v) is 12.2. The molecule has 0 spiro atoms. The first kappa shape index (κ1) is 27.4. The molecule has 33 heavy (non-hydrogen) atoms. The molecule has 0 aliphatic rings. The molecule has 0 saturated carbocycles. The van der Waals surface area contributed by atoms with Gasteiger partial charge in [-0.15, -0.1) is 0 Å². The van der Waals surface area contributed by atoms with Gasteiger partial charge in [-0.25, -0.2) is 0 Å². The molecule has 0 aliphatic carbocycles. The molecule has 0 amide bonds. The van der Waals surface area contributed by atoms with Gasteiger partial charge in [0.2, 0.25) is 0 Å². The smallest absolute Gasteiger partial charge is 0.347 e. The van der Waals surface area contributed by atoms with Crippen LogP contribution in [0.3, 0.4) is 0 Å². The van der Waals surface area contributed by atoms with Gasteiger partial charge in [0, 0.05) is 6.42 Å². The normalized spacial score (nSPS) is 13.1. The Morgan fingerprint density at radius 2 is 1.39 bits per heavy atom. The lowest BCUT2D eigenvalue weighted by molar-refractivity contribution is 0.0540. The zero-order valence-electron chi connectivity index (χ0n) is 19.1. The van der Waals surface area contributed by atoms with Gasteiger partial charge in [0.15, 0.2) is 0 Å². The third-order valence-electron chi connectivity index (χ3n) is 5.24. The summed E-state index contributed by atoms with van der Waals surface area (Å²) in [5.41, 5.74) is 4.23. The lowest BCUT2D eigenvalue weighted by Crippen LogP contribution is -2.35. The van der Waals surface area contributed by atoms with Crippen molar-refractivity contribution in [3.05, 3.63) is 83.5 Å². The molecule has 0 aromatic heterocycles. The Balaban J connectivity index is 2.28. The van der Waals surface area contributed by atoms with Crippen molar-refractivity contribution < 1.29 is 33.4 Å². The molecule has 2 aromatic carbocycles. The van der Waals surface area contributed by atoms with E-state index in [4.69, 9.17) is 4.74 Å². The van der Waals surface area contributed by atoms with E-state index in [9.17, 15) is 28.7 Å². The van der Waals surface area contributed by atoms with Crippen LogP contribution in [0.5, 0.6) is 0 Å². The van der Waals surface area contributed by atoms with Crippen molar-refractivity contribution in [1.29, 1.82) is 0 Å². The SMILES string of the molecule is CC(C)=CCC/C(C)=C/COC(Cc1ccc(-c2ccccc2)cc1)(P(=O)(O)O)P(=O)(O)O. The molecule has 4 N–H and O–H groups in total. The van der Waals surface area contributed by atoms with Crippen molar-refractivity contribution in [1.82, 2.24) is 0 Å². The summed E-state index contributed by atoms with van der Waals surface area (Å²) in [6.45, 7) is 5.48.